The first-order valence-electron chi connectivity index (χ1n) is 6.16. The number of benzene rings is 1. The predicted octanol–water partition coefficient (Wildman–Crippen LogP) is 3.29. The third kappa shape index (κ3) is 3.41. The van der Waals surface area contributed by atoms with Crippen LogP contribution in [0.5, 0.6) is 5.75 Å². The largest absolute Gasteiger partial charge is 0.496 e. The third-order valence-electron chi connectivity index (χ3n) is 2.97. The van der Waals surface area contributed by atoms with E-state index in [4.69, 9.17) is 16.3 Å². The smallest absolute Gasteiger partial charge is 0.311 e. The van der Waals surface area contributed by atoms with Gasteiger partial charge >= 0.3 is 5.69 Å². The molecular formula is C14H14ClN3O3. The first-order chi connectivity index (χ1) is 10.0. The van der Waals surface area contributed by atoms with Gasteiger partial charge in [0.2, 0.25) is 5.82 Å². The Balaban J connectivity index is 2.32. The summed E-state index contributed by atoms with van der Waals surface area (Å²) in [6, 6.07) is 8.22. The minimum absolute atomic E-state index is 0.0407. The molecule has 110 valence electrons. The summed E-state index contributed by atoms with van der Waals surface area (Å²) in [5.74, 6) is 0.967. The van der Waals surface area contributed by atoms with E-state index in [1.807, 2.05) is 0 Å². The molecule has 1 heterocycles. The van der Waals surface area contributed by atoms with Gasteiger partial charge in [0.15, 0.2) is 0 Å². The molecule has 0 saturated carbocycles. The lowest BCUT2D eigenvalue weighted by atomic mass is 10.2. The van der Waals surface area contributed by atoms with Crippen LogP contribution in [0.4, 0.5) is 11.5 Å². The van der Waals surface area contributed by atoms with E-state index in [2.05, 4.69) is 4.98 Å². The maximum absolute atomic E-state index is 11.0. The maximum Gasteiger partial charge on any atom is 0.311 e. The second kappa shape index (κ2) is 6.41. The van der Waals surface area contributed by atoms with E-state index in [-0.39, 0.29) is 5.69 Å². The van der Waals surface area contributed by atoms with E-state index in [9.17, 15) is 10.1 Å². The topological polar surface area (TPSA) is 68.5 Å². The van der Waals surface area contributed by atoms with Crippen LogP contribution in [0.25, 0.3) is 0 Å². The van der Waals surface area contributed by atoms with Crippen molar-refractivity contribution >= 4 is 23.1 Å². The zero-order valence-electron chi connectivity index (χ0n) is 11.6. The SMILES string of the molecule is COc1ccc(Cl)cc1CN(C)c1ncccc1[N+](=O)[O-]. The molecule has 2 rings (SSSR count). The van der Waals surface area contributed by atoms with Crippen LogP contribution in [-0.4, -0.2) is 24.1 Å². The van der Waals surface area contributed by atoms with E-state index < -0.39 is 4.92 Å². The van der Waals surface area contributed by atoms with Crippen molar-refractivity contribution < 1.29 is 9.66 Å². The van der Waals surface area contributed by atoms with Crippen LogP contribution in [0.3, 0.4) is 0 Å². The second-order valence-electron chi connectivity index (χ2n) is 4.42. The van der Waals surface area contributed by atoms with Crippen molar-refractivity contribution in [2.24, 2.45) is 0 Å². The highest BCUT2D eigenvalue weighted by Crippen LogP contribution is 2.28. The summed E-state index contributed by atoms with van der Waals surface area (Å²) in [6.45, 7) is 0.390. The maximum atomic E-state index is 11.0. The van der Waals surface area contributed by atoms with Gasteiger partial charge in [-0.15, -0.1) is 0 Å². The number of hydrogen-bond acceptors (Lipinski definition) is 5. The van der Waals surface area contributed by atoms with Crippen LogP contribution in [0.2, 0.25) is 5.02 Å². The highest BCUT2D eigenvalue weighted by Gasteiger charge is 2.19. The van der Waals surface area contributed by atoms with E-state index in [0.29, 0.717) is 23.1 Å². The van der Waals surface area contributed by atoms with Gasteiger partial charge in [0.05, 0.1) is 12.0 Å². The summed E-state index contributed by atoms with van der Waals surface area (Å²) >= 11 is 5.99. The van der Waals surface area contributed by atoms with Gasteiger partial charge in [0, 0.05) is 36.4 Å². The van der Waals surface area contributed by atoms with Gasteiger partial charge < -0.3 is 9.64 Å². The van der Waals surface area contributed by atoms with Crippen LogP contribution >= 0.6 is 11.6 Å². The Bertz CT molecular complexity index is 664. The quantitative estimate of drug-likeness (QED) is 0.626. The van der Waals surface area contributed by atoms with Crippen LogP contribution in [0, 0.1) is 10.1 Å². The van der Waals surface area contributed by atoms with Crippen molar-refractivity contribution in [1.82, 2.24) is 4.98 Å². The molecule has 1 aromatic carbocycles. The highest BCUT2D eigenvalue weighted by molar-refractivity contribution is 6.30. The van der Waals surface area contributed by atoms with E-state index in [1.54, 1.807) is 37.3 Å². The summed E-state index contributed by atoms with van der Waals surface area (Å²) in [6.07, 6.45) is 1.52. The Morgan fingerprint density at radius 1 is 1.43 bits per heavy atom. The molecule has 0 aliphatic carbocycles. The molecule has 6 nitrogen and oxygen atoms in total. The number of ether oxygens (including phenoxy) is 1. The van der Waals surface area contributed by atoms with Crippen molar-refractivity contribution in [3.05, 3.63) is 57.2 Å². The molecule has 7 heteroatoms. The molecule has 0 spiro atoms. The van der Waals surface area contributed by atoms with Crippen molar-refractivity contribution in [2.45, 2.75) is 6.54 Å². The molecular weight excluding hydrogens is 294 g/mol. The number of halogens is 1. The molecule has 21 heavy (non-hydrogen) atoms. The van der Waals surface area contributed by atoms with E-state index >= 15 is 0 Å². The van der Waals surface area contributed by atoms with Gasteiger partial charge in [-0.1, -0.05) is 11.6 Å². The zero-order valence-corrected chi connectivity index (χ0v) is 12.4. The number of anilines is 1. The van der Waals surface area contributed by atoms with Crippen LogP contribution in [0.15, 0.2) is 36.5 Å². The molecule has 0 saturated heterocycles. The Hall–Kier alpha value is -2.34. The fraction of sp³-hybridized carbons (Fsp3) is 0.214. The average Bonchev–Trinajstić information content (AvgIpc) is 2.47. The lowest BCUT2D eigenvalue weighted by Crippen LogP contribution is -2.19. The number of methoxy groups -OCH3 is 1. The standard InChI is InChI=1S/C14H14ClN3O3/c1-17(14-12(18(19)20)4-3-7-16-14)9-10-8-11(15)5-6-13(10)21-2/h3-8H,9H2,1-2H3. The lowest BCUT2D eigenvalue weighted by molar-refractivity contribution is -0.384. The average molecular weight is 308 g/mol. The van der Waals surface area contributed by atoms with Crippen molar-refractivity contribution in [3.63, 3.8) is 0 Å². The zero-order chi connectivity index (χ0) is 15.4. The Morgan fingerprint density at radius 3 is 2.86 bits per heavy atom. The number of aromatic nitrogens is 1. The Labute approximate surface area is 127 Å². The Morgan fingerprint density at radius 2 is 2.19 bits per heavy atom. The Kier molecular flexibility index (Phi) is 4.59. The molecule has 1 aromatic heterocycles. The second-order valence-corrected chi connectivity index (χ2v) is 4.85. The van der Waals surface area contributed by atoms with Gasteiger partial charge in [-0.05, 0) is 24.3 Å². The summed E-state index contributed by atoms with van der Waals surface area (Å²) in [5.41, 5.74) is 0.786. The molecule has 0 aliphatic heterocycles. The predicted molar refractivity (Wildman–Crippen MR) is 81.0 cm³/mol. The van der Waals surface area contributed by atoms with Crippen molar-refractivity contribution in [2.75, 3.05) is 19.1 Å². The molecule has 0 fully saturated rings. The van der Waals surface area contributed by atoms with Gasteiger partial charge in [-0.3, -0.25) is 10.1 Å². The van der Waals surface area contributed by atoms with Crippen LogP contribution in [-0.2, 0) is 6.54 Å². The number of hydrogen-bond donors (Lipinski definition) is 0. The van der Waals surface area contributed by atoms with Crippen LogP contribution in [0.1, 0.15) is 5.56 Å². The van der Waals surface area contributed by atoms with E-state index in [0.717, 1.165) is 5.56 Å². The number of rotatable bonds is 5. The van der Waals surface area contributed by atoms with Gasteiger partial charge in [-0.25, -0.2) is 4.98 Å². The highest BCUT2D eigenvalue weighted by atomic mass is 35.5. The molecule has 0 atom stereocenters. The van der Waals surface area contributed by atoms with Crippen molar-refractivity contribution in [3.8, 4) is 5.75 Å². The first kappa shape index (κ1) is 15.1. The first-order valence-corrected chi connectivity index (χ1v) is 6.53. The fourth-order valence-electron chi connectivity index (χ4n) is 2.03. The number of pyridine rings is 1. The normalized spacial score (nSPS) is 10.2. The van der Waals surface area contributed by atoms with Gasteiger partial charge in [0.1, 0.15) is 5.75 Å². The molecule has 2 aromatic rings. The molecule has 0 bridgehead atoms. The molecule has 0 N–H and O–H groups in total. The fourth-order valence-corrected chi connectivity index (χ4v) is 2.22. The molecule has 0 unspecified atom stereocenters. The summed E-state index contributed by atoms with van der Waals surface area (Å²) < 4.78 is 5.28. The third-order valence-corrected chi connectivity index (χ3v) is 3.21. The number of nitro groups is 1. The summed E-state index contributed by atoms with van der Waals surface area (Å²) in [7, 11) is 3.30. The van der Waals surface area contributed by atoms with Gasteiger partial charge in [0.25, 0.3) is 0 Å². The number of nitrogens with zero attached hydrogens (tertiary/aromatic N) is 3. The van der Waals surface area contributed by atoms with Gasteiger partial charge in [-0.2, -0.15) is 0 Å². The minimum Gasteiger partial charge on any atom is -0.496 e. The molecule has 0 radical (unpaired) electrons. The van der Waals surface area contributed by atoms with Crippen molar-refractivity contribution in [1.29, 1.82) is 0 Å². The monoisotopic (exact) mass is 307 g/mol. The molecule has 0 amide bonds. The summed E-state index contributed by atoms with van der Waals surface area (Å²) in [4.78, 5) is 16.4. The van der Waals surface area contributed by atoms with E-state index in [1.165, 1.54) is 18.3 Å². The molecule has 0 aliphatic rings. The summed E-state index contributed by atoms with van der Waals surface area (Å²) in [5, 5.41) is 11.6. The minimum atomic E-state index is -0.450. The lowest BCUT2D eigenvalue weighted by Gasteiger charge is -2.19. The van der Waals surface area contributed by atoms with Crippen LogP contribution < -0.4 is 9.64 Å².